The van der Waals surface area contributed by atoms with Crippen molar-refractivity contribution in [3.63, 3.8) is 0 Å². The molecule has 0 saturated heterocycles. The van der Waals surface area contributed by atoms with Gasteiger partial charge in [0.05, 0.1) is 27.7 Å². The van der Waals surface area contributed by atoms with Crippen LogP contribution in [0.2, 0.25) is 0 Å². The number of H-pyrrole nitrogens is 1. The number of nitrogens with two attached hydrogens (primary N) is 1. The van der Waals surface area contributed by atoms with Crippen LogP contribution in [0, 0.1) is 5.82 Å². The van der Waals surface area contributed by atoms with Gasteiger partial charge in [0.15, 0.2) is 0 Å². The Morgan fingerprint density at radius 1 is 1.03 bits per heavy atom. The zero-order valence-corrected chi connectivity index (χ0v) is 19.4. The summed E-state index contributed by atoms with van der Waals surface area (Å²) in [7, 11) is -3.73. The van der Waals surface area contributed by atoms with Crippen LogP contribution in [-0.4, -0.2) is 32.6 Å². The van der Waals surface area contributed by atoms with Crippen molar-refractivity contribution >= 4 is 38.3 Å². The minimum atomic E-state index is -3.73. The molecule has 0 spiro atoms. The molecule has 2 aromatic carbocycles. The lowest BCUT2D eigenvalue weighted by atomic mass is 10.0. The second-order valence-corrected chi connectivity index (χ2v) is 11.0. The molecule has 0 fully saturated rings. The number of nitrogens with one attached hydrogen (secondary N) is 1. The molecule has 5 aromatic rings. The van der Waals surface area contributed by atoms with Crippen LogP contribution in [0.1, 0.15) is 13.8 Å². The number of thiophene rings is 1. The van der Waals surface area contributed by atoms with E-state index in [0.29, 0.717) is 33.8 Å². The standard InChI is InChI=1S/C23H20FN5O2S2/c1-13(2)33(30,31)29-19-11-15(5-8-18(19)26-23(29)25)21-20(14-3-6-17(24)7-4-14)27-22(28-21)16-9-10-32-12-16/h3-13H,1-2H3,(H2,25,26)(H,27,28). The quantitative estimate of drug-likeness (QED) is 0.362. The molecule has 168 valence electrons. The highest BCUT2D eigenvalue weighted by Crippen LogP contribution is 2.35. The van der Waals surface area contributed by atoms with E-state index in [1.165, 1.54) is 12.1 Å². The van der Waals surface area contributed by atoms with Gasteiger partial charge in [-0.05, 0) is 61.7 Å². The van der Waals surface area contributed by atoms with Crippen LogP contribution in [0.25, 0.3) is 44.9 Å². The summed E-state index contributed by atoms with van der Waals surface area (Å²) < 4.78 is 40.5. The van der Waals surface area contributed by atoms with E-state index in [2.05, 4.69) is 9.97 Å². The average molecular weight is 482 g/mol. The first-order valence-electron chi connectivity index (χ1n) is 10.2. The Morgan fingerprint density at radius 3 is 2.42 bits per heavy atom. The molecular weight excluding hydrogens is 461 g/mol. The fourth-order valence-corrected chi connectivity index (χ4v) is 5.43. The first-order valence-corrected chi connectivity index (χ1v) is 12.6. The van der Waals surface area contributed by atoms with Crippen molar-refractivity contribution in [1.82, 2.24) is 18.9 Å². The van der Waals surface area contributed by atoms with E-state index >= 15 is 0 Å². The molecule has 0 aliphatic heterocycles. The van der Waals surface area contributed by atoms with Crippen LogP contribution in [0.5, 0.6) is 0 Å². The van der Waals surface area contributed by atoms with Crippen molar-refractivity contribution in [2.75, 3.05) is 5.73 Å². The Balaban J connectivity index is 1.75. The number of aromatic nitrogens is 4. The fourth-order valence-electron chi connectivity index (χ4n) is 3.64. The monoisotopic (exact) mass is 481 g/mol. The van der Waals surface area contributed by atoms with Crippen LogP contribution < -0.4 is 5.73 Å². The van der Waals surface area contributed by atoms with Gasteiger partial charge in [-0.3, -0.25) is 0 Å². The highest BCUT2D eigenvalue weighted by molar-refractivity contribution is 7.90. The van der Waals surface area contributed by atoms with Crippen LogP contribution in [0.3, 0.4) is 0 Å². The number of nitrogen functional groups attached to an aromatic ring is 1. The van der Waals surface area contributed by atoms with Gasteiger partial charge in [-0.1, -0.05) is 6.07 Å². The lowest BCUT2D eigenvalue weighted by Crippen LogP contribution is -2.23. The minimum Gasteiger partial charge on any atom is -0.368 e. The smallest absolute Gasteiger partial charge is 0.244 e. The summed E-state index contributed by atoms with van der Waals surface area (Å²) in [6, 6.07) is 13.3. The molecule has 10 heteroatoms. The number of hydrogen-bond acceptors (Lipinski definition) is 6. The number of halogens is 1. The fraction of sp³-hybridized carbons (Fsp3) is 0.130. The maximum Gasteiger partial charge on any atom is 0.244 e. The van der Waals surface area contributed by atoms with E-state index in [0.717, 1.165) is 15.1 Å². The number of rotatable bonds is 5. The molecule has 7 nitrogen and oxygen atoms in total. The third kappa shape index (κ3) is 3.61. The van der Waals surface area contributed by atoms with E-state index in [1.54, 1.807) is 49.4 Å². The maximum atomic E-state index is 13.5. The summed E-state index contributed by atoms with van der Waals surface area (Å²) in [4.78, 5) is 12.4. The number of nitrogens with zero attached hydrogens (tertiary/aromatic N) is 3. The predicted octanol–water partition coefficient (Wildman–Crippen LogP) is 5.13. The number of benzene rings is 2. The van der Waals surface area contributed by atoms with Crippen molar-refractivity contribution in [2.45, 2.75) is 19.1 Å². The van der Waals surface area contributed by atoms with E-state index in [-0.39, 0.29) is 11.8 Å². The number of fused-ring (bicyclic) bond motifs is 1. The number of hydrogen-bond donors (Lipinski definition) is 2. The Bertz CT molecular complexity index is 1570. The van der Waals surface area contributed by atoms with Crippen molar-refractivity contribution in [3.8, 4) is 33.9 Å². The van der Waals surface area contributed by atoms with Crippen LogP contribution in [-0.2, 0) is 10.0 Å². The molecular formula is C23H20FN5O2S2. The molecule has 0 aliphatic carbocycles. The summed E-state index contributed by atoms with van der Waals surface area (Å²) in [5.41, 5.74) is 10.5. The molecule has 0 saturated carbocycles. The molecule has 33 heavy (non-hydrogen) atoms. The molecule has 3 aromatic heterocycles. The zero-order valence-electron chi connectivity index (χ0n) is 17.8. The lowest BCUT2D eigenvalue weighted by Gasteiger charge is -2.11. The van der Waals surface area contributed by atoms with E-state index in [4.69, 9.17) is 10.7 Å². The van der Waals surface area contributed by atoms with Crippen molar-refractivity contribution in [3.05, 3.63) is 65.1 Å². The van der Waals surface area contributed by atoms with Gasteiger partial charge in [0, 0.05) is 22.1 Å². The van der Waals surface area contributed by atoms with Crippen LogP contribution in [0.4, 0.5) is 10.3 Å². The SMILES string of the molecule is CC(C)S(=O)(=O)n1c(N)nc2ccc(-c3nc(-c4ccsc4)[nH]c3-c3ccc(F)cc3)cc21. The number of imidazole rings is 2. The molecule has 0 aliphatic rings. The summed E-state index contributed by atoms with van der Waals surface area (Å²) in [5.74, 6) is 0.238. The number of aromatic amines is 1. The second kappa shape index (κ2) is 7.82. The number of anilines is 1. The molecule has 5 rings (SSSR count). The lowest BCUT2D eigenvalue weighted by molar-refractivity contribution is 0.580. The molecule has 0 unspecified atom stereocenters. The van der Waals surface area contributed by atoms with Crippen molar-refractivity contribution < 1.29 is 12.8 Å². The Kier molecular flexibility index (Phi) is 5.06. The highest BCUT2D eigenvalue weighted by Gasteiger charge is 2.25. The summed E-state index contributed by atoms with van der Waals surface area (Å²) >= 11 is 1.55. The zero-order chi connectivity index (χ0) is 23.3. The molecule has 3 N–H and O–H groups in total. The normalized spacial score (nSPS) is 12.1. The van der Waals surface area contributed by atoms with Crippen molar-refractivity contribution in [2.24, 2.45) is 0 Å². The summed E-state index contributed by atoms with van der Waals surface area (Å²) in [6.45, 7) is 3.19. The minimum absolute atomic E-state index is 0.0874. The third-order valence-electron chi connectivity index (χ3n) is 5.39. The van der Waals surface area contributed by atoms with Gasteiger partial charge in [-0.2, -0.15) is 11.3 Å². The van der Waals surface area contributed by atoms with Crippen LogP contribution >= 0.6 is 11.3 Å². The summed E-state index contributed by atoms with van der Waals surface area (Å²) in [6.07, 6.45) is 0. The molecule has 0 radical (unpaired) electrons. The maximum absolute atomic E-state index is 13.5. The topological polar surface area (TPSA) is 107 Å². The van der Waals surface area contributed by atoms with Gasteiger partial charge in [0.2, 0.25) is 16.0 Å². The molecule has 0 amide bonds. The summed E-state index contributed by atoms with van der Waals surface area (Å²) in [5, 5.41) is 3.26. The first kappa shape index (κ1) is 21.4. The molecule has 0 atom stereocenters. The van der Waals surface area contributed by atoms with Gasteiger partial charge >= 0.3 is 0 Å². The van der Waals surface area contributed by atoms with E-state index in [9.17, 15) is 12.8 Å². The third-order valence-corrected chi connectivity index (χ3v) is 8.16. The van der Waals surface area contributed by atoms with E-state index < -0.39 is 15.3 Å². The second-order valence-electron chi connectivity index (χ2n) is 7.86. The van der Waals surface area contributed by atoms with E-state index in [1.807, 2.05) is 22.9 Å². The Morgan fingerprint density at radius 2 is 1.76 bits per heavy atom. The van der Waals surface area contributed by atoms with Gasteiger partial charge in [-0.25, -0.2) is 26.7 Å². The van der Waals surface area contributed by atoms with Gasteiger partial charge in [0.25, 0.3) is 0 Å². The Labute approximate surface area is 193 Å². The predicted molar refractivity (Wildman–Crippen MR) is 130 cm³/mol. The molecule has 0 bridgehead atoms. The van der Waals surface area contributed by atoms with Gasteiger partial charge in [-0.15, -0.1) is 0 Å². The largest absolute Gasteiger partial charge is 0.368 e. The van der Waals surface area contributed by atoms with Crippen LogP contribution in [0.15, 0.2) is 59.3 Å². The van der Waals surface area contributed by atoms with Gasteiger partial charge < -0.3 is 10.7 Å². The molecule has 3 heterocycles. The first-order chi connectivity index (χ1) is 15.8. The average Bonchev–Trinajstić information content (AvgIpc) is 3.51. The van der Waals surface area contributed by atoms with Gasteiger partial charge in [0.1, 0.15) is 11.6 Å². The highest BCUT2D eigenvalue weighted by atomic mass is 32.2. The Hall–Kier alpha value is -3.50. The van der Waals surface area contributed by atoms with Crippen molar-refractivity contribution in [1.29, 1.82) is 0 Å².